The quantitative estimate of drug-likeness (QED) is 0.157. The van der Waals surface area contributed by atoms with Gasteiger partial charge in [-0.3, -0.25) is 0 Å². The molecule has 0 unspecified atom stereocenters. The average Bonchev–Trinajstić information content (AvgIpc) is 3.75. The second-order valence-corrected chi connectivity index (χ2v) is 16.2. The highest BCUT2D eigenvalue weighted by Gasteiger charge is 2.35. The average molecular weight is 755 g/mol. The van der Waals surface area contributed by atoms with Gasteiger partial charge < -0.3 is 9.47 Å². The first-order valence-electron chi connectivity index (χ1n) is 20.5. The van der Waals surface area contributed by atoms with Gasteiger partial charge in [0.1, 0.15) is 0 Å². The minimum atomic E-state index is -0.0478. The maximum absolute atomic E-state index is 2.41. The molecule has 0 radical (unpaired) electrons. The molecule has 59 heavy (non-hydrogen) atoms. The summed E-state index contributed by atoms with van der Waals surface area (Å²) in [5.74, 6) is 0. The Kier molecular flexibility index (Phi) is 8.20. The fourth-order valence-electron chi connectivity index (χ4n) is 9.46. The predicted molar refractivity (Wildman–Crippen MR) is 249 cm³/mol. The number of anilines is 3. The zero-order chi connectivity index (χ0) is 39.5. The van der Waals surface area contributed by atoms with Crippen LogP contribution in [0.15, 0.2) is 218 Å². The fraction of sp³-hybridized carbons (Fsp3) is 0.0526. The Bertz CT molecular complexity index is 3150. The smallest absolute Gasteiger partial charge is 0.0541 e. The second kappa shape index (κ2) is 13.9. The van der Waals surface area contributed by atoms with Gasteiger partial charge in [-0.25, -0.2) is 0 Å². The van der Waals surface area contributed by atoms with Crippen LogP contribution in [-0.2, 0) is 5.41 Å². The van der Waals surface area contributed by atoms with Crippen molar-refractivity contribution in [3.63, 3.8) is 0 Å². The van der Waals surface area contributed by atoms with E-state index in [2.05, 4.69) is 242 Å². The molecule has 1 aromatic heterocycles. The fourth-order valence-corrected chi connectivity index (χ4v) is 9.46. The molecule has 11 rings (SSSR count). The van der Waals surface area contributed by atoms with E-state index in [0.717, 1.165) is 22.7 Å². The topological polar surface area (TPSA) is 8.17 Å². The SMILES string of the molecule is CC1(C)c2ccccc2-c2ccc(-c3ccc(N(c4ccc(-c5ccccc5)cc4)c4ccccc4-c4ccc5c(c4)c4ccccc4n5-c4ccccc4)cc3)cc21. The summed E-state index contributed by atoms with van der Waals surface area (Å²) in [6.45, 7) is 4.70. The lowest BCUT2D eigenvalue weighted by Gasteiger charge is -2.28. The van der Waals surface area contributed by atoms with Crippen LogP contribution >= 0.6 is 0 Å². The van der Waals surface area contributed by atoms with Crippen molar-refractivity contribution in [2.24, 2.45) is 0 Å². The van der Waals surface area contributed by atoms with Gasteiger partial charge in [0.05, 0.1) is 16.7 Å². The molecule has 2 nitrogen and oxygen atoms in total. The van der Waals surface area contributed by atoms with Crippen LogP contribution in [-0.4, -0.2) is 4.57 Å². The second-order valence-electron chi connectivity index (χ2n) is 16.2. The molecule has 9 aromatic carbocycles. The maximum atomic E-state index is 2.41. The normalized spacial score (nSPS) is 12.7. The molecule has 0 bridgehead atoms. The zero-order valence-electron chi connectivity index (χ0n) is 33.2. The highest BCUT2D eigenvalue weighted by Crippen LogP contribution is 2.50. The van der Waals surface area contributed by atoms with E-state index in [9.17, 15) is 0 Å². The van der Waals surface area contributed by atoms with E-state index in [4.69, 9.17) is 0 Å². The van der Waals surface area contributed by atoms with Crippen LogP contribution in [0.25, 0.3) is 72.0 Å². The molecule has 0 N–H and O–H groups in total. The Labute approximate surface area is 345 Å². The maximum Gasteiger partial charge on any atom is 0.0541 e. The van der Waals surface area contributed by atoms with E-state index < -0.39 is 0 Å². The molecule has 0 fully saturated rings. The van der Waals surface area contributed by atoms with Crippen molar-refractivity contribution < 1.29 is 0 Å². The summed E-state index contributed by atoms with van der Waals surface area (Å²) in [4.78, 5) is 2.41. The first-order valence-corrected chi connectivity index (χ1v) is 20.5. The third-order valence-electron chi connectivity index (χ3n) is 12.4. The summed E-state index contributed by atoms with van der Waals surface area (Å²) < 4.78 is 2.38. The lowest BCUT2D eigenvalue weighted by atomic mass is 9.81. The molecule has 0 saturated heterocycles. The molecule has 1 heterocycles. The molecule has 0 spiro atoms. The Morgan fingerprint density at radius 3 is 1.63 bits per heavy atom. The van der Waals surface area contributed by atoms with Crippen LogP contribution in [0.3, 0.4) is 0 Å². The molecule has 1 aliphatic rings. The number of hydrogen-bond donors (Lipinski definition) is 0. The van der Waals surface area contributed by atoms with Crippen molar-refractivity contribution in [3.05, 3.63) is 230 Å². The van der Waals surface area contributed by atoms with E-state index >= 15 is 0 Å². The Hall–Kier alpha value is -7.42. The number of fused-ring (bicyclic) bond motifs is 6. The van der Waals surface area contributed by atoms with Crippen molar-refractivity contribution in [3.8, 4) is 50.2 Å². The number of para-hydroxylation sites is 3. The van der Waals surface area contributed by atoms with Gasteiger partial charge in [0.25, 0.3) is 0 Å². The van der Waals surface area contributed by atoms with Crippen LogP contribution in [0.2, 0.25) is 0 Å². The Morgan fingerprint density at radius 2 is 0.881 bits per heavy atom. The Morgan fingerprint density at radius 1 is 0.356 bits per heavy atom. The zero-order valence-corrected chi connectivity index (χ0v) is 33.2. The van der Waals surface area contributed by atoms with Crippen LogP contribution < -0.4 is 4.90 Å². The minimum absolute atomic E-state index is 0.0478. The third kappa shape index (κ3) is 5.79. The van der Waals surface area contributed by atoms with E-state index in [1.54, 1.807) is 0 Å². The van der Waals surface area contributed by atoms with E-state index in [1.807, 2.05) is 0 Å². The van der Waals surface area contributed by atoms with Gasteiger partial charge in [0, 0.05) is 38.8 Å². The molecule has 2 heteroatoms. The van der Waals surface area contributed by atoms with Crippen molar-refractivity contribution in [2.75, 3.05) is 4.90 Å². The largest absolute Gasteiger partial charge is 0.310 e. The number of rotatable bonds is 7. The molecule has 0 saturated carbocycles. The van der Waals surface area contributed by atoms with Gasteiger partial charge in [-0.05, 0) is 117 Å². The first kappa shape index (κ1) is 34.8. The van der Waals surface area contributed by atoms with Crippen LogP contribution in [0.4, 0.5) is 17.1 Å². The number of hydrogen-bond acceptors (Lipinski definition) is 1. The van der Waals surface area contributed by atoms with Gasteiger partial charge in [-0.1, -0.05) is 166 Å². The van der Waals surface area contributed by atoms with E-state index in [-0.39, 0.29) is 5.41 Å². The molecule has 0 amide bonds. The third-order valence-corrected chi connectivity index (χ3v) is 12.4. The van der Waals surface area contributed by atoms with Gasteiger partial charge in [-0.2, -0.15) is 0 Å². The lowest BCUT2D eigenvalue weighted by molar-refractivity contribution is 0.660. The van der Waals surface area contributed by atoms with Crippen LogP contribution in [0, 0.1) is 0 Å². The highest BCUT2D eigenvalue weighted by atomic mass is 15.1. The van der Waals surface area contributed by atoms with Crippen molar-refractivity contribution >= 4 is 38.9 Å². The van der Waals surface area contributed by atoms with Gasteiger partial charge >= 0.3 is 0 Å². The Balaban J connectivity index is 1.03. The summed E-state index contributed by atoms with van der Waals surface area (Å²) >= 11 is 0. The van der Waals surface area contributed by atoms with E-state index in [1.165, 1.54) is 77.4 Å². The highest BCUT2D eigenvalue weighted by molar-refractivity contribution is 6.11. The van der Waals surface area contributed by atoms with Gasteiger partial charge in [-0.15, -0.1) is 0 Å². The predicted octanol–water partition coefficient (Wildman–Crippen LogP) is 15.6. The van der Waals surface area contributed by atoms with Crippen LogP contribution in [0.5, 0.6) is 0 Å². The van der Waals surface area contributed by atoms with Gasteiger partial charge in [0.2, 0.25) is 0 Å². The van der Waals surface area contributed by atoms with Crippen LogP contribution in [0.1, 0.15) is 25.0 Å². The number of benzene rings is 9. The summed E-state index contributed by atoms with van der Waals surface area (Å²) in [7, 11) is 0. The molecule has 0 aliphatic heterocycles. The number of aromatic nitrogens is 1. The lowest BCUT2D eigenvalue weighted by Crippen LogP contribution is -2.14. The molecule has 10 aromatic rings. The molecule has 1 aliphatic carbocycles. The summed E-state index contributed by atoms with van der Waals surface area (Å²) in [5.41, 5.74) is 19.5. The monoisotopic (exact) mass is 754 g/mol. The summed E-state index contributed by atoms with van der Waals surface area (Å²) in [5, 5.41) is 2.48. The molecule has 0 atom stereocenters. The van der Waals surface area contributed by atoms with Crippen molar-refractivity contribution in [1.29, 1.82) is 0 Å². The molecular formula is C57H42N2. The van der Waals surface area contributed by atoms with Gasteiger partial charge in [0.15, 0.2) is 0 Å². The molecule has 280 valence electrons. The standard InChI is InChI=1S/C57H42N2/c1-57(2)52-22-12-9-20-48(52)49-35-29-42(38-53(49)57)41-27-33-46(34-28-41)58(45-31-25-40(26-32-45)39-15-5-3-6-16-39)54-23-13-10-19-47(54)43-30-36-56-51(37-43)50-21-11-14-24-55(50)59(56)44-17-7-4-8-18-44/h3-38H,1-2H3. The first-order chi connectivity index (χ1) is 29.0. The van der Waals surface area contributed by atoms with Crippen molar-refractivity contribution in [1.82, 2.24) is 4.57 Å². The molecular weight excluding hydrogens is 713 g/mol. The van der Waals surface area contributed by atoms with Crippen molar-refractivity contribution in [2.45, 2.75) is 19.3 Å². The summed E-state index contributed by atoms with van der Waals surface area (Å²) in [6, 6.07) is 79.8. The van der Waals surface area contributed by atoms with E-state index in [0.29, 0.717) is 0 Å². The summed E-state index contributed by atoms with van der Waals surface area (Å²) in [6.07, 6.45) is 0. The minimum Gasteiger partial charge on any atom is -0.310 e. The number of nitrogens with zero attached hydrogens (tertiary/aromatic N) is 2.